The summed E-state index contributed by atoms with van der Waals surface area (Å²) in [6.07, 6.45) is 5.74. The van der Waals surface area contributed by atoms with Gasteiger partial charge < -0.3 is 10.4 Å². The number of benzene rings is 1. The van der Waals surface area contributed by atoms with E-state index in [1.807, 2.05) is 0 Å². The minimum absolute atomic E-state index is 0.0761. The Morgan fingerprint density at radius 3 is 2.68 bits per heavy atom. The maximum atomic E-state index is 9.92. The average molecular weight is 261 g/mol. The van der Waals surface area contributed by atoms with Crippen molar-refractivity contribution in [2.24, 2.45) is 5.92 Å². The van der Waals surface area contributed by atoms with E-state index < -0.39 is 0 Å². The molecule has 3 unspecified atom stereocenters. The molecular weight excluding hydrogens is 234 g/mol. The Balaban J connectivity index is 1.64. The molecule has 2 nitrogen and oxygen atoms in total. The summed E-state index contributed by atoms with van der Waals surface area (Å²) >= 11 is 0. The van der Waals surface area contributed by atoms with Crippen molar-refractivity contribution in [1.29, 1.82) is 0 Å². The van der Waals surface area contributed by atoms with Crippen LogP contribution in [-0.4, -0.2) is 24.3 Å². The Bertz CT molecular complexity index is 352. The topological polar surface area (TPSA) is 32.3 Å². The molecule has 2 rings (SSSR count). The molecule has 0 saturated heterocycles. The van der Waals surface area contributed by atoms with Crippen molar-refractivity contribution in [2.75, 3.05) is 13.1 Å². The van der Waals surface area contributed by atoms with Gasteiger partial charge in [-0.05, 0) is 43.2 Å². The first kappa shape index (κ1) is 14.5. The molecule has 2 N–H and O–H groups in total. The summed E-state index contributed by atoms with van der Waals surface area (Å²) in [6.45, 7) is 4.30. The molecule has 19 heavy (non-hydrogen) atoms. The number of rotatable bonds is 6. The third-order valence-electron chi connectivity index (χ3n) is 4.40. The summed E-state index contributed by atoms with van der Waals surface area (Å²) in [6, 6.07) is 10.7. The molecule has 0 radical (unpaired) electrons. The molecule has 0 spiro atoms. The lowest BCUT2D eigenvalue weighted by molar-refractivity contribution is 0.0697. The molecular formula is C17H27NO. The van der Waals surface area contributed by atoms with E-state index in [1.54, 1.807) is 0 Å². The third-order valence-corrected chi connectivity index (χ3v) is 4.40. The molecule has 106 valence electrons. The van der Waals surface area contributed by atoms with E-state index in [1.165, 1.54) is 24.8 Å². The van der Waals surface area contributed by atoms with Crippen molar-refractivity contribution in [1.82, 2.24) is 5.32 Å². The maximum absolute atomic E-state index is 9.92. The van der Waals surface area contributed by atoms with Crippen molar-refractivity contribution in [3.63, 3.8) is 0 Å². The van der Waals surface area contributed by atoms with Crippen LogP contribution >= 0.6 is 0 Å². The van der Waals surface area contributed by atoms with Crippen LogP contribution in [-0.2, 0) is 0 Å². The lowest BCUT2D eigenvalue weighted by Gasteiger charge is -2.27. The zero-order valence-electron chi connectivity index (χ0n) is 12.0. The molecule has 1 aromatic carbocycles. The largest absolute Gasteiger partial charge is 0.393 e. The van der Waals surface area contributed by atoms with E-state index in [0.717, 1.165) is 25.9 Å². The molecule has 0 heterocycles. The monoisotopic (exact) mass is 261 g/mol. The van der Waals surface area contributed by atoms with E-state index in [9.17, 15) is 5.11 Å². The minimum Gasteiger partial charge on any atom is -0.393 e. The van der Waals surface area contributed by atoms with E-state index in [2.05, 4.69) is 42.6 Å². The summed E-state index contributed by atoms with van der Waals surface area (Å²) in [4.78, 5) is 0. The second-order valence-corrected chi connectivity index (χ2v) is 5.92. The maximum Gasteiger partial charge on any atom is 0.0580 e. The smallest absolute Gasteiger partial charge is 0.0580 e. The molecule has 0 aliphatic heterocycles. The Labute approximate surface area is 117 Å². The molecule has 1 aliphatic rings. The van der Waals surface area contributed by atoms with E-state index >= 15 is 0 Å². The van der Waals surface area contributed by atoms with Gasteiger partial charge in [0.25, 0.3) is 0 Å². The molecule has 1 aromatic rings. The van der Waals surface area contributed by atoms with Crippen LogP contribution in [0.2, 0.25) is 0 Å². The minimum atomic E-state index is -0.0761. The highest BCUT2D eigenvalue weighted by molar-refractivity contribution is 5.18. The standard InChI is InChI=1S/C17H27NO/c1-14(15-7-3-2-4-8-15)11-12-18-13-16-9-5-6-10-17(16)19/h2-4,7-8,14,16-19H,5-6,9-13H2,1H3. The highest BCUT2D eigenvalue weighted by Gasteiger charge is 2.22. The van der Waals surface area contributed by atoms with Crippen LogP contribution in [0.5, 0.6) is 0 Å². The van der Waals surface area contributed by atoms with E-state index in [4.69, 9.17) is 0 Å². The first-order chi connectivity index (χ1) is 9.27. The summed E-state index contributed by atoms with van der Waals surface area (Å²) in [5.74, 6) is 1.07. The Hall–Kier alpha value is -0.860. The number of hydrogen-bond donors (Lipinski definition) is 2. The lowest BCUT2D eigenvalue weighted by atomic mass is 9.86. The molecule has 2 heteroatoms. The lowest BCUT2D eigenvalue weighted by Crippen LogP contribution is -2.34. The van der Waals surface area contributed by atoms with E-state index in [-0.39, 0.29) is 6.10 Å². The van der Waals surface area contributed by atoms with Gasteiger partial charge >= 0.3 is 0 Å². The van der Waals surface area contributed by atoms with Crippen molar-refractivity contribution >= 4 is 0 Å². The number of nitrogens with one attached hydrogen (secondary N) is 1. The zero-order chi connectivity index (χ0) is 13.5. The van der Waals surface area contributed by atoms with E-state index in [0.29, 0.717) is 11.8 Å². The van der Waals surface area contributed by atoms with Gasteiger partial charge in [-0.1, -0.05) is 50.1 Å². The number of hydrogen-bond acceptors (Lipinski definition) is 2. The van der Waals surface area contributed by atoms with Gasteiger partial charge in [-0.25, -0.2) is 0 Å². The van der Waals surface area contributed by atoms with Gasteiger partial charge in [0.05, 0.1) is 6.10 Å². The molecule has 0 bridgehead atoms. The highest BCUT2D eigenvalue weighted by Crippen LogP contribution is 2.23. The van der Waals surface area contributed by atoms with Gasteiger partial charge in [0.2, 0.25) is 0 Å². The average Bonchev–Trinajstić information content (AvgIpc) is 2.46. The van der Waals surface area contributed by atoms with Gasteiger partial charge in [-0.3, -0.25) is 0 Å². The van der Waals surface area contributed by atoms with Crippen molar-refractivity contribution in [3.05, 3.63) is 35.9 Å². The second kappa shape index (κ2) is 7.66. The van der Waals surface area contributed by atoms with Crippen LogP contribution in [0.4, 0.5) is 0 Å². The molecule has 1 aliphatic carbocycles. The number of aliphatic hydroxyl groups is 1. The fraction of sp³-hybridized carbons (Fsp3) is 0.647. The van der Waals surface area contributed by atoms with Gasteiger partial charge in [0, 0.05) is 6.54 Å². The van der Waals surface area contributed by atoms with Crippen LogP contribution < -0.4 is 5.32 Å². The quantitative estimate of drug-likeness (QED) is 0.770. The van der Waals surface area contributed by atoms with Crippen molar-refractivity contribution in [3.8, 4) is 0 Å². The Kier molecular flexibility index (Phi) is 5.87. The predicted octanol–water partition coefficient (Wildman–Crippen LogP) is 3.32. The Morgan fingerprint density at radius 1 is 1.21 bits per heavy atom. The summed E-state index contributed by atoms with van der Waals surface area (Å²) < 4.78 is 0. The molecule has 3 atom stereocenters. The van der Waals surface area contributed by atoms with Crippen LogP contribution in [0.3, 0.4) is 0 Å². The fourth-order valence-corrected chi connectivity index (χ4v) is 2.98. The first-order valence-corrected chi connectivity index (χ1v) is 7.71. The fourth-order valence-electron chi connectivity index (χ4n) is 2.98. The first-order valence-electron chi connectivity index (χ1n) is 7.71. The predicted molar refractivity (Wildman–Crippen MR) is 80.3 cm³/mol. The van der Waals surface area contributed by atoms with Gasteiger partial charge in [0.15, 0.2) is 0 Å². The van der Waals surface area contributed by atoms with Crippen LogP contribution in [0, 0.1) is 5.92 Å². The third kappa shape index (κ3) is 4.63. The molecule has 0 aromatic heterocycles. The van der Waals surface area contributed by atoms with Crippen LogP contribution in [0.1, 0.15) is 50.5 Å². The molecule has 0 amide bonds. The summed E-state index contributed by atoms with van der Waals surface area (Å²) in [7, 11) is 0. The van der Waals surface area contributed by atoms with Gasteiger partial charge in [-0.15, -0.1) is 0 Å². The van der Waals surface area contributed by atoms with Gasteiger partial charge in [0.1, 0.15) is 0 Å². The SMILES string of the molecule is CC(CCNCC1CCCCC1O)c1ccccc1. The summed E-state index contributed by atoms with van der Waals surface area (Å²) in [5, 5.41) is 13.4. The summed E-state index contributed by atoms with van der Waals surface area (Å²) in [5.41, 5.74) is 1.42. The van der Waals surface area contributed by atoms with Gasteiger partial charge in [-0.2, -0.15) is 0 Å². The van der Waals surface area contributed by atoms with Crippen molar-refractivity contribution < 1.29 is 5.11 Å². The second-order valence-electron chi connectivity index (χ2n) is 5.92. The van der Waals surface area contributed by atoms with Crippen LogP contribution in [0.25, 0.3) is 0 Å². The number of aliphatic hydroxyl groups excluding tert-OH is 1. The normalized spacial score (nSPS) is 25.2. The van der Waals surface area contributed by atoms with Crippen LogP contribution in [0.15, 0.2) is 30.3 Å². The molecule has 1 fully saturated rings. The zero-order valence-corrected chi connectivity index (χ0v) is 12.0. The molecule has 1 saturated carbocycles. The highest BCUT2D eigenvalue weighted by atomic mass is 16.3. The van der Waals surface area contributed by atoms with Crippen molar-refractivity contribution in [2.45, 2.75) is 51.0 Å². The Morgan fingerprint density at radius 2 is 1.95 bits per heavy atom.